The summed E-state index contributed by atoms with van der Waals surface area (Å²) in [5, 5.41) is 15.8. The maximum absolute atomic E-state index is 11.4. The van der Waals surface area contributed by atoms with Gasteiger partial charge in [0.1, 0.15) is 4.92 Å². The van der Waals surface area contributed by atoms with E-state index in [1.165, 1.54) is 6.07 Å². The number of hydrogen-bond acceptors (Lipinski definition) is 5. The minimum atomic E-state index is -0.687. The van der Waals surface area contributed by atoms with E-state index in [1.54, 1.807) is 7.05 Å². The van der Waals surface area contributed by atoms with Crippen molar-refractivity contribution in [2.45, 2.75) is 13.0 Å². The lowest BCUT2D eigenvalue weighted by Gasteiger charge is -2.09. The zero-order valence-electron chi connectivity index (χ0n) is 9.43. The number of amides is 1. The smallest absolute Gasteiger partial charge is 0.395 e. The summed E-state index contributed by atoms with van der Waals surface area (Å²) in [7, 11) is 1.77. The summed E-state index contributed by atoms with van der Waals surface area (Å²) in [6.45, 7) is 2.31. The zero-order chi connectivity index (χ0) is 12.1. The molecule has 0 spiro atoms. The first-order chi connectivity index (χ1) is 7.54. The van der Waals surface area contributed by atoms with Crippen molar-refractivity contribution in [3.8, 4) is 0 Å². The fourth-order valence-electron chi connectivity index (χ4n) is 0.983. The van der Waals surface area contributed by atoms with E-state index >= 15 is 0 Å². The van der Waals surface area contributed by atoms with E-state index in [0.29, 0.717) is 6.54 Å². The second-order valence-electron chi connectivity index (χ2n) is 3.29. The van der Waals surface area contributed by atoms with E-state index in [0.717, 1.165) is 6.07 Å². The highest BCUT2D eigenvalue weighted by Gasteiger charge is 2.17. The van der Waals surface area contributed by atoms with Crippen molar-refractivity contribution in [3.63, 3.8) is 0 Å². The highest BCUT2D eigenvalue weighted by molar-refractivity contribution is 5.91. The number of nitrogens with zero attached hydrogens (tertiary/aromatic N) is 1. The summed E-state index contributed by atoms with van der Waals surface area (Å²) in [5.41, 5.74) is 0. The Kier molecular flexibility index (Phi) is 6.22. The van der Waals surface area contributed by atoms with Crippen LogP contribution in [0.5, 0.6) is 0 Å². The first-order valence-electron chi connectivity index (χ1n) is 4.74. The van der Waals surface area contributed by atoms with Crippen LogP contribution in [-0.2, 0) is 0 Å². The van der Waals surface area contributed by atoms with Gasteiger partial charge in [0.25, 0.3) is 5.91 Å². The van der Waals surface area contributed by atoms with Gasteiger partial charge in [0.05, 0.1) is 6.07 Å². The second kappa shape index (κ2) is 6.87. The number of halogens is 1. The van der Waals surface area contributed by atoms with Crippen LogP contribution in [0.4, 0.5) is 5.88 Å². The minimum absolute atomic E-state index is 0. The lowest BCUT2D eigenvalue weighted by atomic mass is 10.3. The number of carbonyl (C=O) groups excluding carboxylic acids is 1. The molecule has 1 amide bonds. The molecular weight excluding hydrogens is 250 g/mol. The molecule has 0 bridgehead atoms. The van der Waals surface area contributed by atoms with Gasteiger partial charge in [0, 0.05) is 12.6 Å². The third-order valence-electron chi connectivity index (χ3n) is 2.06. The van der Waals surface area contributed by atoms with Gasteiger partial charge in [-0.15, -0.1) is 12.4 Å². The molecule has 0 aliphatic heterocycles. The predicted octanol–water partition coefficient (Wildman–Crippen LogP) is 0.947. The van der Waals surface area contributed by atoms with Crippen LogP contribution in [0.15, 0.2) is 16.5 Å². The molecule has 0 aliphatic rings. The summed E-state index contributed by atoms with van der Waals surface area (Å²) in [6.07, 6.45) is 0. The SMILES string of the molecule is CNC(C)CNC(=O)c1ccc([N+](=O)[O-])o1.Cl. The van der Waals surface area contributed by atoms with Crippen LogP contribution in [0.25, 0.3) is 0 Å². The molecule has 0 fully saturated rings. The Morgan fingerprint density at radius 3 is 2.71 bits per heavy atom. The Morgan fingerprint density at radius 1 is 1.59 bits per heavy atom. The van der Waals surface area contributed by atoms with Crippen molar-refractivity contribution in [3.05, 3.63) is 28.0 Å². The standard InChI is InChI=1S/C9H13N3O4.ClH/c1-6(10-2)5-11-9(13)7-3-4-8(16-7)12(14)15;/h3-4,6,10H,5H2,1-2H3,(H,11,13);1H. The average molecular weight is 264 g/mol. The maximum atomic E-state index is 11.4. The number of rotatable bonds is 5. The van der Waals surface area contributed by atoms with Crippen LogP contribution in [0.3, 0.4) is 0 Å². The third-order valence-corrected chi connectivity index (χ3v) is 2.06. The normalized spacial score (nSPS) is 11.4. The van der Waals surface area contributed by atoms with Crippen LogP contribution in [0.1, 0.15) is 17.5 Å². The second-order valence-corrected chi connectivity index (χ2v) is 3.29. The maximum Gasteiger partial charge on any atom is 0.433 e. The molecule has 96 valence electrons. The van der Waals surface area contributed by atoms with E-state index < -0.39 is 16.7 Å². The van der Waals surface area contributed by atoms with Crippen molar-refractivity contribution >= 4 is 24.2 Å². The van der Waals surface area contributed by atoms with E-state index in [2.05, 4.69) is 10.6 Å². The first-order valence-corrected chi connectivity index (χ1v) is 4.74. The van der Waals surface area contributed by atoms with E-state index in [1.807, 2.05) is 6.92 Å². The highest BCUT2D eigenvalue weighted by atomic mass is 35.5. The van der Waals surface area contributed by atoms with Gasteiger partial charge in [-0.3, -0.25) is 14.9 Å². The van der Waals surface area contributed by atoms with Gasteiger partial charge in [-0.25, -0.2) is 0 Å². The topological polar surface area (TPSA) is 97.4 Å². The van der Waals surface area contributed by atoms with Gasteiger partial charge in [-0.2, -0.15) is 0 Å². The van der Waals surface area contributed by atoms with Crippen LogP contribution in [0.2, 0.25) is 0 Å². The lowest BCUT2D eigenvalue weighted by molar-refractivity contribution is -0.402. The van der Waals surface area contributed by atoms with Crippen LogP contribution >= 0.6 is 12.4 Å². The molecule has 8 heteroatoms. The van der Waals surface area contributed by atoms with Crippen molar-refractivity contribution in [1.29, 1.82) is 0 Å². The predicted molar refractivity (Wildman–Crippen MR) is 63.5 cm³/mol. The molecule has 0 radical (unpaired) electrons. The van der Waals surface area contributed by atoms with Crippen molar-refractivity contribution in [2.24, 2.45) is 0 Å². The highest BCUT2D eigenvalue weighted by Crippen LogP contribution is 2.15. The van der Waals surface area contributed by atoms with Crippen LogP contribution in [-0.4, -0.2) is 30.5 Å². The summed E-state index contributed by atoms with van der Waals surface area (Å²) in [6, 6.07) is 2.54. The molecule has 1 aromatic heterocycles. The number of likely N-dealkylation sites (N-methyl/N-ethyl adjacent to an activating group) is 1. The molecule has 1 rings (SSSR count). The van der Waals surface area contributed by atoms with E-state index in [4.69, 9.17) is 4.42 Å². The summed E-state index contributed by atoms with van der Waals surface area (Å²) in [4.78, 5) is 21.1. The number of nitro groups is 1. The summed E-state index contributed by atoms with van der Waals surface area (Å²) >= 11 is 0. The Balaban J connectivity index is 0.00000256. The van der Waals surface area contributed by atoms with Crippen molar-refractivity contribution < 1.29 is 14.1 Å². The van der Waals surface area contributed by atoms with Gasteiger partial charge in [0.2, 0.25) is 0 Å². The Bertz CT molecular complexity index is 393. The molecule has 1 heterocycles. The number of hydrogen-bond donors (Lipinski definition) is 2. The van der Waals surface area contributed by atoms with Gasteiger partial charge in [-0.05, 0) is 20.0 Å². The molecule has 17 heavy (non-hydrogen) atoms. The average Bonchev–Trinajstić information content (AvgIpc) is 2.74. The summed E-state index contributed by atoms with van der Waals surface area (Å²) < 4.78 is 4.74. The van der Waals surface area contributed by atoms with Crippen molar-refractivity contribution in [2.75, 3.05) is 13.6 Å². The van der Waals surface area contributed by atoms with Crippen molar-refractivity contribution in [1.82, 2.24) is 10.6 Å². The molecule has 7 nitrogen and oxygen atoms in total. The number of carbonyl (C=O) groups is 1. The minimum Gasteiger partial charge on any atom is -0.395 e. The fraction of sp³-hybridized carbons (Fsp3) is 0.444. The van der Waals surface area contributed by atoms with Gasteiger partial charge < -0.3 is 15.1 Å². The fourth-order valence-corrected chi connectivity index (χ4v) is 0.983. The molecule has 2 N–H and O–H groups in total. The van der Waals surface area contributed by atoms with Gasteiger partial charge in [0.15, 0.2) is 5.76 Å². The molecule has 0 aromatic carbocycles. The molecule has 0 aliphatic carbocycles. The molecule has 1 atom stereocenters. The lowest BCUT2D eigenvalue weighted by Crippen LogP contribution is -2.37. The summed E-state index contributed by atoms with van der Waals surface area (Å²) in [5.74, 6) is -0.961. The largest absolute Gasteiger partial charge is 0.433 e. The molecular formula is C9H14ClN3O4. The van der Waals surface area contributed by atoms with Gasteiger partial charge in [-0.1, -0.05) is 0 Å². The van der Waals surface area contributed by atoms with Crippen LogP contribution < -0.4 is 10.6 Å². The Morgan fingerprint density at radius 2 is 2.24 bits per heavy atom. The number of nitrogens with one attached hydrogen (secondary N) is 2. The molecule has 0 saturated heterocycles. The molecule has 0 saturated carbocycles. The Hall–Kier alpha value is -1.60. The monoisotopic (exact) mass is 263 g/mol. The van der Waals surface area contributed by atoms with Crippen LogP contribution in [0, 0.1) is 10.1 Å². The van der Waals surface area contributed by atoms with Gasteiger partial charge >= 0.3 is 5.88 Å². The Labute approximate surface area is 104 Å². The third kappa shape index (κ3) is 4.41. The van der Waals surface area contributed by atoms with E-state index in [-0.39, 0.29) is 24.2 Å². The quantitative estimate of drug-likeness (QED) is 0.609. The number of furan rings is 1. The molecule has 1 unspecified atom stereocenters. The first kappa shape index (κ1) is 15.4. The molecule has 1 aromatic rings. The zero-order valence-corrected chi connectivity index (χ0v) is 10.2. The van der Waals surface area contributed by atoms with E-state index in [9.17, 15) is 14.9 Å².